The fraction of sp³-hybridized carbons (Fsp3) is 0.333. The number of hydrogen-bond acceptors (Lipinski definition) is 6. The summed E-state index contributed by atoms with van der Waals surface area (Å²) in [5.74, 6) is -0.579. The minimum atomic E-state index is -3.30. The molecule has 0 aliphatic carbocycles. The molecule has 0 saturated carbocycles. The number of rotatable bonds is 6. The average Bonchev–Trinajstić information content (AvgIpc) is 2.31. The number of carbonyl (C=O) groups excluding carboxylic acids is 1. The van der Waals surface area contributed by atoms with E-state index < -0.39 is 15.9 Å². The second-order valence-corrected chi connectivity index (χ2v) is 5.49. The highest BCUT2D eigenvalue weighted by Crippen LogP contribution is 2.15. The van der Waals surface area contributed by atoms with Crippen LogP contribution in [0.25, 0.3) is 0 Å². The van der Waals surface area contributed by atoms with Gasteiger partial charge in [0.15, 0.2) is 0 Å². The first-order chi connectivity index (χ1) is 8.35. The normalized spacial score (nSPS) is 11.2. The smallest absolute Gasteiger partial charge is 0.267 e. The van der Waals surface area contributed by atoms with Crippen LogP contribution in [0.1, 0.15) is 10.5 Å². The zero-order valence-corrected chi connectivity index (χ0v) is 10.6. The Balaban J connectivity index is 2.73. The molecular weight excluding hydrogens is 258 g/mol. The maximum absolute atomic E-state index is 11.2. The SMILES string of the molecule is CNS(=O)(=O)CCNc1nc(C(N)=O)ccc1N. The van der Waals surface area contributed by atoms with Gasteiger partial charge in [0.25, 0.3) is 5.91 Å². The number of anilines is 2. The van der Waals surface area contributed by atoms with E-state index in [1.807, 2.05) is 0 Å². The van der Waals surface area contributed by atoms with Crippen molar-refractivity contribution in [1.29, 1.82) is 0 Å². The van der Waals surface area contributed by atoms with Crippen molar-refractivity contribution in [2.45, 2.75) is 0 Å². The minimum Gasteiger partial charge on any atom is -0.396 e. The summed E-state index contributed by atoms with van der Waals surface area (Å²) < 4.78 is 24.5. The molecule has 0 saturated heterocycles. The van der Waals surface area contributed by atoms with Crippen molar-refractivity contribution in [1.82, 2.24) is 9.71 Å². The summed E-state index contributed by atoms with van der Waals surface area (Å²) in [4.78, 5) is 14.8. The summed E-state index contributed by atoms with van der Waals surface area (Å²) in [6, 6.07) is 2.87. The van der Waals surface area contributed by atoms with Crippen molar-refractivity contribution in [3.05, 3.63) is 17.8 Å². The lowest BCUT2D eigenvalue weighted by molar-refractivity contribution is 0.0995. The number of amides is 1. The second kappa shape index (κ2) is 5.65. The van der Waals surface area contributed by atoms with E-state index in [0.717, 1.165) is 0 Å². The minimum absolute atomic E-state index is 0.0585. The number of pyridine rings is 1. The maximum Gasteiger partial charge on any atom is 0.267 e. The van der Waals surface area contributed by atoms with Crippen LogP contribution in [0.5, 0.6) is 0 Å². The van der Waals surface area contributed by atoms with Gasteiger partial charge in [-0.1, -0.05) is 0 Å². The molecule has 0 aliphatic heterocycles. The van der Waals surface area contributed by atoms with Crippen LogP contribution < -0.4 is 21.5 Å². The van der Waals surface area contributed by atoms with Crippen LogP contribution in [0.15, 0.2) is 12.1 Å². The number of nitrogens with one attached hydrogen (secondary N) is 2. The van der Waals surface area contributed by atoms with E-state index in [-0.39, 0.29) is 23.8 Å². The number of hydrogen-bond donors (Lipinski definition) is 4. The fourth-order valence-electron chi connectivity index (χ4n) is 1.15. The van der Waals surface area contributed by atoms with Crippen LogP contribution >= 0.6 is 0 Å². The monoisotopic (exact) mass is 273 g/mol. The fourth-order valence-corrected chi connectivity index (χ4v) is 1.73. The van der Waals surface area contributed by atoms with Gasteiger partial charge < -0.3 is 16.8 Å². The first kappa shape index (κ1) is 14.2. The number of primary amides is 1. The molecule has 0 bridgehead atoms. The molecule has 0 unspecified atom stereocenters. The summed E-state index contributed by atoms with van der Waals surface area (Å²) in [6.45, 7) is 0.114. The predicted molar refractivity (Wildman–Crippen MR) is 68.5 cm³/mol. The van der Waals surface area contributed by atoms with Crippen LogP contribution in [0.2, 0.25) is 0 Å². The first-order valence-corrected chi connectivity index (χ1v) is 6.72. The highest BCUT2D eigenvalue weighted by Gasteiger charge is 2.09. The van der Waals surface area contributed by atoms with Gasteiger partial charge in [0, 0.05) is 6.54 Å². The molecule has 0 aliphatic rings. The zero-order chi connectivity index (χ0) is 13.8. The number of sulfonamides is 1. The van der Waals surface area contributed by atoms with Gasteiger partial charge in [-0.15, -0.1) is 0 Å². The van der Waals surface area contributed by atoms with Crippen molar-refractivity contribution in [3.8, 4) is 0 Å². The molecule has 1 amide bonds. The average molecular weight is 273 g/mol. The molecule has 1 rings (SSSR count). The molecule has 1 aromatic rings. The van der Waals surface area contributed by atoms with Crippen LogP contribution in [0.3, 0.4) is 0 Å². The quantitative estimate of drug-likeness (QED) is 0.509. The van der Waals surface area contributed by atoms with Crippen molar-refractivity contribution in [3.63, 3.8) is 0 Å². The molecule has 0 spiro atoms. The lowest BCUT2D eigenvalue weighted by Gasteiger charge is -2.09. The highest BCUT2D eigenvalue weighted by atomic mass is 32.2. The van der Waals surface area contributed by atoms with E-state index >= 15 is 0 Å². The molecule has 100 valence electrons. The van der Waals surface area contributed by atoms with Gasteiger partial charge in [-0.2, -0.15) is 0 Å². The first-order valence-electron chi connectivity index (χ1n) is 5.07. The van der Waals surface area contributed by atoms with E-state index in [1.165, 1.54) is 19.2 Å². The van der Waals surface area contributed by atoms with Crippen molar-refractivity contribution in [2.75, 3.05) is 30.4 Å². The molecule has 18 heavy (non-hydrogen) atoms. The Morgan fingerprint density at radius 2 is 2.11 bits per heavy atom. The third-order valence-corrected chi connectivity index (χ3v) is 3.52. The summed E-state index contributed by atoms with van der Waals surface area (Å²) in [7, 11) is -1.97. The van der Waals surface area contributed by atoms with E-state index in [0.29, 0.717) is 5.69 Å². The summed E-state index contributed by atoms with van der Waals surface area (Å²) in [6.07, 6.45) is 0. The number of nitrogens with two attached hydrogens (primary N) is 2. The third-order valence-electron chi connectivity index (χ3n) is 2.15. The number of aromatic nitrogens is 1. The molecule has 0 radical (unpaired) electrons. The Labute approximate surface area is 105 Å². The molecule has 1 aromatic heterocycles. The van der Waals surface area contributed by atoms with Gasteiger partial charge in [-0.3, -0.25) is 4.79 Å². The Hall–Kier alpha value is -1.87. The Morgan fingerprint density at radius 3 is 2.67 bits per heavy atom. The van der Waals surface area contributed by atoms with Crippen LogP contribution in [-0.2, 0) is 10.0 Å². The van der Waals surface area contributed by atoms with Crippen molar-refractivity contribution < 1.29 is 13.2 Å². The van der Waals surface area contributed by atoms with E-state index in [2.05, 4.69) is 15.0 Å². The van der Waals surface area contributed by atoms with E-state index in [1.54, 1.807) is 0 Å². The molecule has 1 heterocycles. The predicted octanol–water partition coefficient (Wildman–Crippen LogP) is -1.28. The van der Waals surface area contributed by atoms with Gasteiger partial charge in [-0.05, 0) is 19.2 Å². The lowest BCUT2D eigenvalue weighted by atomic mass is 10.3. The van der Waals surface area contributed by atoms with E-state index in [9.17, 15) is 13.2 Å². The van der Waals surface area contributed by atoms with Crippen LogP contribution in [0, 0.1) is 0 Å². The highest BCUT2D eigenvalue weighted by molar-refractivity contribution is 7.89. The molecule has 6 N–H and O–H groups in total. The molecule has 0 fully saturated rings. The van der Waals surface area contributed by atoms with Gasteiger partial charge in [-0.25, -0.2) is 18.1 Å². The molecule has 9 heteroatoms. The van der Waals surface area contributed by atoms with Gasteiger partial charge in [0.2, 0.25) is 10.0 Å². The van der Waals surface area contributed by atoms with E-state index in [4.69, 9.17) is 11.5 Å². The van der Waals surface area contributed by atoms with Gasteiger partial charge >= 0.3 is 0 Å². The topological polar surface area (TPSA) is 140 Å². The maximum atomic E-state index is 11.2. The molecule has 0 atom stereocenters. The largest absolute Gasteiger partial charge is 0.396 e. The molecular formula is C9H15N5O3S. The standard InChI is InChI=1S/C9H15N5O3S/c1-12-18(16,17)5-4-13-9-6(10)2-3-7(14-9)8(11)15/h2-3,12H,4-5,10H2,1H3,(H2,11,15)(H,13,14). The Bertz CT molecular complexity index is 543. The van der Waals surface area contributed by atoms with Crippen molar-refractivity contribution >= 4 is 27.4 Å². The van der Waals surface area contributed by atoms with Crippen molar-refractivity contribution in [2.24, 2.45) is 5.73 Å². The second-order valence-electron chi connectivity index (χ2n) is 3.45. The summed E-state index contributed by atoms with van der Waals surface area (Å²) in [5, 5.41) is 2.74. The number of carbonyl (C=O) groups is 1. The number of nitrogens with zero attached hydrogens (tertiary/aromatic N) is 1. The zero-order valence-electron chi connectivity index (χ0n) is 9.80. The van der Waals surface area contributed by atoms with Crippen LogP contribution in [-0.4, -0.2) is 38.7 Å². The van der Waals surface area contributed by atoms with Gasteiger partial charge in [0.1, 0.15) is 11.5 Å². The molecule has 0 aromatic carbocycles. The number of nitrogen functional groups attached to an aromatic ring is 1. The van der Waals surface area contributed by atoms with Crippen LogP contribution in [0.4, 0.5) is 11.5 Å². The molecule has 8 nitrogen and oxygen atoms in total. The lowest BCUT2D eigenvalue weighted by Crippen LogP contribution is -2.26. The Morgan fingerprint density at radius 1 is 1.44 bits per heavy atom. The Kier molecular flexibility index (Phi) is 4.45. The van der Waals surface area contributed by atoms with Gasteiger partial charge in [0.05, 0.1) is 11.4 Å². The summed E-state index contributed by atoms with van der Waals surface area (Å²) in [5.41, 5.74) is 11.1. The summed E-state index contributed by atoms with van der Waals surface area (Å²) >= 11 is 0. The third kappa shape index (κ3) is 3.86.